The molecular formula is C39H50FN5O7. The molecule has 1 aromatic heterocycles. The third kappa shape index (κ3) is 7.74. The number of aromatic amines is 1. The van der Waals surface area contributed by atoms with Crippen molar-refractivity contribution < 1.29 is 38.1 Å². The number of amides is 4. The van der Waals surface area contributed by atoms with Gasteiger partial charge in [0, 0.05) is 43.2 Å². The van der Waals surface area contributed by atoms with Crippen molar-refractivity contribution in [3.05, 3.63) is 71.7 Å². The first-order chi connectivity index (χ1) is 24.7. The molecule has 1 aliphatic carbocycles. The number of aliphatic hydroxyl groups excluding tert-OH is 1. The van der Waals surface area contributed by atoms with Gasteiger partial charge in [-0.3, -0.25) is 19.4 Å². The molecule has 280 valence electrons. The number of fused-ring (bicyclic) bond motifs is 2. The van der Waals surface area contributed by atoms with Crippen molar-refractivity contribution in [2.75, 3.05) is 20.1 Å². The minimum absolute atomic E-state index is 0.0367. The number of nitrogens with one attached hydrogen (secondary N) is 2. The number of likely N-dealkylation sites (N-methyl/N-ethyl adjacent to an activating group) is 1. The lowest BCUT2D eigenvalue weighted by molar-refractivity contribution is -0.140. The first-order valence-electron chi connectivity index (χ1n) is 18.2. The number of aliphatic hydroxyl groups is 1. The standard InChI is InChI=1S/C39H50FN5O7/c1-23(43(5)37(49)52-39(2,3)4)35(47)42-32(25-14-10-7-11-15-25)36(48)44-21-31(46)34-33(44)29(28-19-41-30-18-26(40)16-17-27(28)30)20-45(34)38(50)51-22-24-12-8-6-9-13-24/h6,8-9,12-13,16-19,23,25,29,31-34,41,46H,7,10-11,14-15,20-22H2,1-5H3,(H,42,47)/t23-,29+,31?,32-,33+,34+/m0/s1. The van der Waals surface area contributed by atoms with Crippen LogP contribution in [0.1, 0.15) is 76.8 Å². The van der Waals surface area contributed by atoms with E-state index in [1.807, 2.05) is 30.3 Å². The van der Waals surface area contributed by atoms with Gasteiger partial charge < -0.3 is 29.8 Å². The number of hydrogen-bond acceptors (Lipinski definition) is 7. The fourth-order valence-corrected chi connectivity index (χ4v) is 8.05. The molecule has 3 fully saturated rings. The Labute approximate surface area is 303 Å². The summed E-state index contributed by atoms with van der Waals surface area (Å²) in [6.45, 7) is 6.94. The van der Waals surface area contributed by atoms with E-state index in [0.29, 0.717) is 5.52 Å². The van der Waals surface area contributed by atoms with Crippen LogP contribution in [0.5, 0.6) is 0 Å². The molecule has 2 aromatic carbocycles. The number of ether oxygens (including phenoxy) is 2. The van der Waals surface area contributed by atoms with Gasteiger partial charge in [0.1, 0.15) is 30.1 Å². The zero-order valence-electron chi connectivity index (χ0n) is 30.5. The SMILES string of the molecule is C[C@@H](C(=O)N[C@H](C(=O)N1CC(O)[C@@H]2[C@H]1[C@@H](c1c[nH]c3cc(F)ccc13)CN2C(=O)OCc1ccccc1)C1CCCCC1)N(C)C(=O)OC(C)(C)C. The van der Waals surface area contributed by atoms with Gasteiger partial charge in [-0.25, -0.2) is 14.0 Å². The summed E-state index contributed by atoms with van der Waals surface area (Å²) < 4.78 is 25.4. The topological polar surface area (TPSA) is 145 Å². The maximum atomic E-state index is 14.9. The fourth-order valence-electron chi connectivity index (χ4n) is 8.05. The number of carbonyl (C=O) groups excluding carboxylic acids is 4. The molecule has 1 saturated carbocycles. The van der Waals surface area contributed by atoms with E-state index in [0.717, 1.165) is 48.6 Å². The Kier molecular flexibility index (Phi) is 10.8. The smallest absolute Gasteiger partial charge is 0.410 e. The normalized spacial score (nSPS) is 23.2. The van der Waals surface area contributed by atoms with E-state index in [1.54, 1.807) is 44.9 Å². The second-order valence-corrected chi connectivity index (χ2v) is 15.4. The largest absolute Gasteiger partial charge is 0.445 e. The van der Waals surface area contributed by atoms with Crippen molar-refractivity contribution in [1.82, 2.24) is 25.0 Å². The van der Waals surface area contributed by atoms with Crippen molar-refractivity contribution in [2.24, 2.45) is 5.92 Å². The third-order valence-corrected chi connectivity index (χ3v) is 10.8. The first-order valence-corrected chi connectivity index (χ1v) is 18.2. The number of aromatic nitrogens is 1. The lowest BCUT2D eigenvalue weighted by atomic mass is 9.82. The van der Waals surface area contributed by atoms with Crippen LogP contribution >= 0.6 is 0 Å². The van der Waals surface area contributed by atoms with E-state index in [1.165, 1.54) is 29.0 Å². The Balaban J connectivity index is 1.31. The quantitative estimate of drug-likeness (QED) is 0.287. The van der Waals surface area contributed by atoms with Gasteiger partial charge in [0.25, 0.3) is 0 Å². The first kappa shape index (κ1) is 37.1. The molecular weight excluding hydrogens is 669 g/mol. The number of halogens is 1. The number of rotatable bonds is 8. The second kappa shape index (κ2) is 15.1. The number of nitrogens with zero attached hydrogens (tertiary/aromatic N) is 3. The van der Waals surface area contributed by atoms with Crippen LogP contribution in [0.4, 0.5) is 14.0 Å². The molecule has 3 aromatic rings. The van der Waals surface area contributed by atoms with E-state index in [4.69, 9.17) is 9.47 Å². The Morgan fingerprint density at radius 1 is 1.02 bits per heavy atom. The van der Waals surface area contributed by atoms with Crippen LogP contribution in [0.2, 0.25) is 0 Å². The Morgan fingerprint density at radius 2 is 1.73 bits per heavy atom. The molecule has 3 heterocycles. The summed E-state index contributed by atoms with van der Waals surface area (Å²) in [5.41, 5.74) is 1.40. The molecule has 3 N–H and O–H groups in total. The maximum absolute atomic E-state index is 14.9. The molecule has 6 rings (SSSR count). The highest BCUT2D eigenvalue weighted by Crippen LogP contribution is 2.44. The van der Waals surface area contributed by atoms with E-state index in [2.05, 4.69) is 10.3 Å². The molecule has 0 radical (unpaired) electrons. The zero-order valence-corrected chi connectivity index (χ0v) is 30.5. The molecule has 52 heavy (non-hydrogen) atoms. The molecule has 0 bridgehead atoms. The Bertz CT molecular complexity index is 1770. The van der Waals surface area contributed by atoms with Crippen molar-refractivity contribution in [1.29, 1.82) is 0 Å². The van der Waals surface area contributed by atoms with Crippen LogP contribution in [0.3, 0.4) is 0 Å². The molecule has 0 spiro atoms. The van der Waals surface area contributed by atoms with Crippen LogP contribution in [-0.2, 0) is 25.7 Å². The average Bonchev–Trinajstić information content (AvgIpc) is 3.82. The maximum Gasteiger partial charge on any atom is 0.410 e. The highest BCUT2D eigenvalue weighted by atomic mass is 19.1. The Morgan fingerprint density at radius 3 is 2.42 bits per heavy atom. The number of carbonyl (C=O) groups is 4. The van der Waals surface area contributed by atoms with E-state index >= 15 is 0 Å². The minimum atomic E-state index is -1.09. The van der Waals surface area contributed by atoms with Crippen LogP contribution in [-0.4, -0.2) is 105 Å². The number of β-amino-alcohol motifs (C(OH)–C–C–N with tert-alkyl or cyclic N) is 1. The lowest BCUT2D eigenvalue weighted by Gasteiger charge is -2.37. The molecule has 3 aliphatic rings. The van der Waals surface area contributed by atoms with Gasteiger partial charge in [-0.15, -0.1) is 0 Å². The number of H-pyrrole nitrogens is 1. The fraction of sp³-hybridized carbons (Fsp3) is 0.538. The van der Waals surface area contributed by atoms with Gasteiger partial charge in [-0.1, -0.05) is 49.6 Å². The van der Waals surface area contributed by atoms with Crippen LogP contribution < -0.4 is 5.32 Å². The van der Waals surface area contributed by atoms with Crippen molar-refractivity contribution in [3.63, 3.8) is 0 Å². The molecule has 6 atom stereocenters. The molecule has 2 saturated heterocycles. The average molecular weight is 720 g/mol. The van der Waals surface area contributed by atoms with Crippen LogP contribution in [0.15, 0.2) is 54.7 Å². The van der Waals surface area contributed by atoms with E-state index < -0.39 is 65.7 Å². The summed E-state index contributed by atoms with van der Waals surface area (Å²) in [6.07, 6.45) is 3.70. The predicted molar refractivity (Wildman–Crippen MR) is 192 cm³/mol. The minimum Gasteiger partial charge on any atom is -0.445 e. The van der Waals surface area contributed by atoms with Gasteiger partial charge in [0.2, 0.25) is 11.8 Å². The summed E-state index contributed by atoms with van der Waals surface area (Å²) in [4.78, 5) is 62.7. The van der Waals surface area contributed by atoms with Crippen LogP contribution in [0.25, 0.3) is 10.9 Å². The van der Waals surface area contributed by atoms with Crippen LogP contribution in [0, 0.1) is 11.7 Å². The second-order valence-electron chi connectivity index (χ2n) is 15.4. The van der Waals surface area contributed by atoms with Gasteiger partial charge in [-0.05, 0) is 75.8 Å². The van der Waals surface area contributed by atoms with Crippen molar-refractivity contribution in [3.8, 4) is 0 Å². The number of hydrogen-bond donors (Lipinski definition) is 3. The lowest BCUT2D eigenvalue weighted by Crippen LogP contribution is -2.58. The third-order valence-electron chi connectivity index (χ3n) is 10.8. The monoisotopic (exact) mass is 719 g/mol. The Hall–Kier alpha value is -4.65. The zero-order chi connectivity index (χ0) is 37.3. The molecule has 1 unspecified atom stereocenters. The molecule has 2 aliphatic heterocycles. The van der Waals surface area contributed by atoms with E-state index in [9.17, 15) is 28.7 Å². The van der Waals surface area contributed by atoms with Gasteiger partial charge in [0.15, 0.2) is 0 Å². The van der Waals surface area contributed by atoms with Gasteiger partial charge in [0.05, 0.1) is 18.2 Å². The summed E-state index contributed by atoms with van der Waals surface area (Å²) >= 11 is 0. The summed E-state index contributed by atoms with van der Waals surface area (Å²) in [5.74, 6) is -1.88. The highest BCUT2D eigenvalue weighted by molar-refractivity contribution is 5.92. The van der Waals surface area contributed by atoms with Gasteiger partial charge >= 0.3 is 12.2 Å². The summed E-state index contributed by atoms with van der Waals surface area (Å²) in [7, 11) is 1.48. The van der Waals surface area contributed by atoms with Crippen molar-refractivity contribution >= 4 is 34.9 Å². The molecule has 12 nitrogen and oxygen atoms in total. The predicted octanol–water partition coefficient (Wildman–Crippen LogP) is 5.30. The van der Waals surface area contributed by atoms with Gasteiger partial charge in [-0.2, -0.15) is 0 Å². The van der Waals surface area contributed by atoms with Crippen molar-refractivity contribution in [2.45, 2.75) is 108 Å². The molecule has 13 heteroatoms. The highest BCUT2D eigenvalue weighted by Gasteiger charge is 2.58. The molecule has 4 amide bonds. The number of likely N-dealkylation sites (tertiary alicyclic amines) is 2. The summed E-state index contributed by atoms with van der Waals surface area (Å²) in [6, 6.07) is 10.4. The van der Waals surface area contributed by atoms with E-state index in [-0.39, 0.29) is 31.5 Å². The summed E-state index contributed by atoms with van der Waals surface area (Å²) in [5, 5.41) is 15.4. The number of benzene rings is 2.